The second kappa shape index (κ2) is 8.54. The lowest BCUT2D eigenvalue weighted by atomic mass is 10.1. The van der Waals surface area contributed by atoms with E-state index in [4.69, 9.17) is 0 Å². The highest BCUT2D eigenvalue weighted by atomic mass is 16.2. The third-order valence-electron chi connectivity index (χ3n) is 6.73. The number of carbonyl (C=O) groups is 2. The first-order valence-electron chi connectivity index (χ1n) is 11.0. The van der Waals surface area contributed by atoms with E-state index in [1.807, 2.05) is 11.9 Å². The Bertz CT molecular complexity index is 690. The molecule has 28 heavy (non-hydrogen) atoms. The molecule has 152 valence electrons. The van der Waals surface area contributed by atoms with Gasteiger partial charge in [0.05, 0.1) is 5.92 Å². The molecule has 0 spiro atoms. The van der Waals surface area contributed by atoms with Gasteiger partial charge in [0, 0.05) is 51.4 Å². The smallest absolute Gasteiger partial charge is 0.228 e. The highest BCUT2D eigenvalue weighted by molar-refractivity contribution is 5.89. The zero-order valence-electron chi connectivity index (χ0n) is 17.1. The zero-order valence-corrected chi connectivity index (χ0v) is 17.1. The minimum absolute atomic E-state index is 0.106. The second-order valence-corrected chi connectivity index (χ2v) is 8.79. The summed E-state index contributed by atoms with van der Waals surface area (Å²) in [6.07, 6.45) is 8.89. The molecule has 0 aromatic heterocycles. The molecule has 5 heteroatoms. The fourth-order valence-electron chi connectivity index (χ4n) is 5.09. The van der Waals surface area contributed by atoms with Gasteiger partial charge in [-0.05, 0) is 49.8 Å². The van der Waals surface area contributed by atoms with E-state index < -0.39 is 0 Å². The van der Waals surface area contributed by atoms with E-state index >= 15 is 0 Å². The van der Waals surface area contributed by atoms with Gasteiger partial charge in [0.1, 0.15) is 0 Å². The Morgan fingerprint density at radius 2 is 1.71 bits per heavy atom. The SMILES string of the molecule is CN(Cc1ccc(N2CCCCC2)cc1)C(=O)C1CC(=O)N(C2CCCC2)C1. The van der Waals surface area contributed by atoms with Gasteiger partial charge in [0.25, 0.3) is 0 Å². The van der Waals surface area contributed by atoms with Crippen LogP contribution in [-0.4, -0.2) is 54.3 Å². The highest BCUT2D eigenvalue weighted by Crippen LogP contribution is 2.30. The Kier molecular flexibility index (Phi) is 5.88. The van der Waals surface area contributed by atoms with Gasteiger partial charge in [-0.25, -0.2) is 0 Å². The van der Waals surface area contributed by atoms with Crippen LogP contribution in [0.3, 0.4) is 0 Å². The summed E-state index contributed by atoms with van der Waals surface area (Å²) in [4.78, 5) is 31.5. The zero-order chi connectivity index (χ0) is 19.5. The van der Waals surface area contributed by atoms with Crippen LogP contribution in [0.2, 0.25) is 0 Å². The Labute approximate surface area is 168 Å². The van der Waals surface area contributed by atoms with Gasteiger partial charge >= 0.3 is 0 Å². The molecule has 1 atom stereocenters. The van der Waals surface area contributed by atoms with Crippen molar-refractivity contribution in [3.8, 4) is 0 Å². The molecule has 5 nitrogen and oxygen atoms in total. The Balaban J connectivity index is 1.32. The highest BCUT2D eigenvalue weighted by Gasteiger charge is 2.39. The maximum atomic E-state index is 12.9. The standard InChI is InChI=1S/C23H33N3O2/c1-24(16-18-9-11-20(12-10-18)25-13-5-2-6-14-25)23(28)19-15-22(27)26(17-19)21-7-3-4-8-21/h9-12,19,21H,2-8,13-17H2,1H3. The van der Waals surface area contributed by atoms with Crippen LogP contribution in [0.15, 0.2) is 24.3 Å². The number of benzene rings is 1. The number of piperidine rings is 1. The number of hydrogen-bond acceptors (Lipinski definition) is 3. The molecule has 3 fully saturated rings. The lowest BCUT2D eigenvalue weighted by Gasteiger charge is -2.29. The summed E-state index contributed by atoms with van der Waals surface area (Å²) in [6, 6.07) is 9.01. The lowest BCUT2D eigenvalue weighted by molar-refractivity contribution is -0.135. The van der Waals surface area contributed by atoms with E-state index in [1.165, 1.54) is 37.8 Å². The fourth-order valence-corrected chi connectivity index (χ4v) is 5.09. The topological polar surface area (TPSA) is 43.9 Å². The number of anilines is 1. The van der Waals surface area contributed by atoms with Gasteiger partial charge in [0.15, 0.2) is 0 Å². The van der Waals surface area contributed by atoms with Crippen molar-refractivity contribution in [1.29, 1.82) is 0 Å². The number of hydrogen-bond donors (Lipinski definition) is 0. The number of likely N-dealkylation sites (tertiary alicyclic amines) is 1. The van der Waals surface area contributed by atoms with Crippen molar-refractivity contribution in [2.45, 2.75) is 64.0 Å². The summed E-state index contributed by atoms with van der Waals surface area (Å²) < 4.78 is 0. The van der Waals surface area contributed by atoms with Crippen molar-refractivity contribution < 1.29 is 9.59 Å². The average Bonchev–Trinajstić information content (AvgIpc) is 3.38. The average molecular weight is 384 g/mol. The molecule has 0 radical (unpaired) electrons. The van der Waals surface area contributed by atoms with Crippen molar-refractivity contribution in [2.75, 3.05) is 31.6 Å². The normalized spacial score (nSPS) is 23.5. The van der Waals surface area contributed by atoms with E-state index in [2.05, 4.69) is 29.2 Å². The van der Waals surface area contributed by atoms with Crippen molar-refractivity contribution in [2.24, 2.45) is 5.92 Å². The molecule has 1 aromatic carbocycles. The summed E-state index contributed by atoms with van der Waals surface area (Å²) in [7, 11) is 1.86. The third kappa shape index (κ3) is 4.18. The summed E-state index contributed by atoms with van der Waals surface area (Å²) in [5.74, 6) is 0.101. The maximum absolute atomic E-state index is 12.9. The predicted octanol–water partition coefficient (Wildman–Crippen LogP) is 3.43. The molecule has 1 saturated carbocycles. The first kappa shape index (κ1) is 19.3. The molecule has 1 unspecified atom stereocenters. The molecule has 1 aromatic rings. The van der Waals surface area contributed by atoms with E-state index in [9.17, 15) is 9.59 Å². The molecule has 0 N–H and O–H groups in total. The van der Waals surface area contributed by atoms with Gasteiger partial charge in [-0.3, -0.25) is 9.59 Å². The molecule has 4 rings (SSSR count). The van der Waals surface area contributed by atoms with Crippen molar-refractivity contribution in [3.05, 3.63) is 29.8 Å². The molecule has 2 aliphatic heterocycles. The van der Waals surface area contributed by atoms with Crippen LogP contribution in [0.1, 0.15) is 56.9 Å². The van der Waals surface area contributed by atoms with Crippen LogP contribution in [0.25, 0.3) is 0 Å². The van der Waals surface area contributed by atoms with E-state index in [0.717, 1.165) is 31.5 Å². The maximum Gasteiger partial charge on any atom is 0.228 e. The van der Waals surface area contributed by atoms with Crippen molar-refractivity contribution in [3.63, 3.8) is 0 Å². The second-order valence-electron chi connectivity index (χ2n) is 8.79. The van der Waals surface area contributed by atoms with Gasteiger partial charge in [-0.15, -0.1) is 0 Å². The molecular weight excluding hydrogens is 350 g/mol. The van der Waals surface area contributed by atoms with Crippen LogP contribution >= 0.6 is 0 Å². The minimum Gasteiger partial charge on any atom is -0.372 e. The summed E-state index contributed by atoms with van der Waals surface area (Å²) in [5.41, 5.74) is 2.43. The molecule has 0 bridgehead atoms. The number of nitrogens with zero attached hydrogens (tertiary/aromatic N) is 3. The summed E-state index contributed by atoms with van der Waals surface area (Å²) >= 11 is 0. The molecule has 2 saturated heterocycles. The van der Waals surface area contributed by atoms with E-state index in [0.29, 0.717) is 25.6 Å². The van der Waals surface area contributed by atoms with Crippen LogP contribution in [-0.2, 0) is 16.1 Å². The van der Waals surface area contributed by atoms with Crippen LogP contribution in [0.5, 0.6) is 0 Å². The van der Waals surface area contributed by atoms with Gasteiger partial charge in [0.2, 0.25) is 11.8 Å². The Hall–Kier alpha value is -2.04. The predicted molar refractivity (Wildman–Crippen MR) is 111 cm³/mol. The minimum atomic E-state index is -0.175. The fraction of sp³-hybridized carbons (Fsp3) is 0.652. The molecule has 2 amide bonds. The third-order valence-corrected chi connectivity index (χ3v) is 6.73. The quantitative estimate of drug-likeness (QED) is 0.782. The van der Waals surface area contributed by atoms with Crippen LogP contribution in [0.4, 0.5) is 5.69 Å². The Morgan fingerprint density at radius 3 is 2.39 bits per heavy atom. The lowest BCUT2D eigenvalue weighted by Crippen LogP contribution is -2.37. The van der Waals surface area contributed by atoms with E-state index in [1.54, 1.807) is 4.90 Å². The number of carbonyl (C=O) groups excluding carboxylic acids is 2. The van der Waals surface area contributed by atoms with Crippen LogP contribution < -0.4 is 4.90 Å². The largest absolute Gasteiger partial charge is 0.372 e. The van der Waals surface area contributed by atoms with E-state index in [-0.39, 0.29) is 17.7 Å². The molecule has 1 aliphatic carbocycles. The van der Waals surface area contributed by atoms with Crippen molar-refractivity contribution >= 4 is 17.5 Å². The number of rotatable bonds is 5. The van der Waals surface area contributed by atoms with Gasteiger partial charge < -0.3 is 14.7 Å². The van der Waals surface area contributed by atoms with Crippen LogP contribution in [0, 0.1) is 5.92 Å². The summed E-state index contributed by atoms with van der Waals surface area (Å²) in [6.45, 7) is 3.50. The first-order chi connectivity index (χ1) is 13.6. The summed E-state index contributed by atoms with van der Waals surface area (Å²) in [5, 5.41) is 0. The molecule has 3 aliphatic rings. The first-order valence-corrected chi connectivity index (χ1v) is 11.0. The van der Waals surface area contributed by atoms with Gasteiger partial charge in [-0.2, -0.15) is 0 Å². The molecule has 2 heterocycles. The monoisotopic (exact) mass is 383 g/mol. The number of amides is 2. The van der Waals surface area contributed by atoms with Crippen molar-refractivity contribution in [1.82, 2.24) is 9.80 Å². The Morgan fingerprint density at radius 1 is 1.04 bits per heavy atom. The molecular formula is C23H33N3O2. The van der Waals surface area contributed by atoms with Gasteiger partial charge in [-0.1, -0.05) is 25.0 Å².